The Kier molecular flexibility index (Phi) is 3.51. The van der Waals surface area contributed by atoms with Crippen molar-refractivity contribution in [3.05, 3.63) is 54.1 Å². The van der Waals surface area contributed by atoms with Crippen molar-refractivity contribution in [1.29, 1.82) is 0 Å². The van der Waals surface area contributed by atoms with E-state index in [9.17, 15) is 4.79 Å². The summed E-state index contributed by atoms with van der Waals surface area (Å²) in [5, 5.41) is 0. The van der Waals surface area contributed by atoms with Crippen molar-refractivity contribution < 1.29 is 4.79 Å². The van der Waals surface area contributed by atoms with Gasteiger partial charge in [-0.1, -0.05) is 42.5 Å². The Bertz CT molecular complexity index is 498. The molecule has 1 nitrogen and oxygen atoms in total. The minimum absolute atomic E-state index is 0.190. The molecular formula is C17H20O. The summed E-state index contributed by atoms with van der Waals surface area (Å²) in [6.07, 6.45) is 7.10. The van der Waals surface area contributed by atoms with Gasteiger partial charge in [0.25, 0.3) is 0 Å². The van der Waals surface area contributed by atoms with Crippen LogP contribution in [0.15, 0.2) is 37.4 Å². The predicted octanol–water partition coefficient (Wildman–Crippen LogP) is 4.20. The van der Waals surface area contributed by atoms with Gasteiger partial charge in [-0.15, -0.1) is 6.58 Å². The molecule has 1 saturated carbocycles. The molecule has 0 aliphatic heterocycles. The van der Waals surface area contributed by atoms with Gasteiger partial charge in [0.2, 0.25) is 0 Å². The average Bonchev–Trinajstić information content (AvgIpc) is 2.38. The molecule has 0 N–H and O–H groups in total. The number of hydrogen-bond acceptors (Lipinski definition) is 1. The first-order valence-electron chi connectivity index (χ1n) is 6.50. The molecule has 0 heterocycles. The average molecular weight is 240 g/mol. The lowest BCUT2D eigenvalue weighted by Crippen LogP contribution is -2.31. The molecule has 1 aliphatic rings. The lowest BCUT2D eigenvalue weighted by atomic mass is 9.67. The maximum atomic E-state index is 11.8. The van der Waals surface area contributed by atoms with Gasteiger partial charge in [0, 0.05) is 18.3 Å². The molecule has 1 unspecified atom stereocenters. The Labute approximate surface area is 109 Å². The van der Waals surface area contributed by atoms with Gasteiger partial charge in [-0.25, -0.2) is 0 Å². The van der Waals surface area contributed by atoms with Crippen LogP contribution in [0.2, 0.25) is 0 Å². The van der Waals surface area contributed by atoms with Crippen LogP contribution in [0.3, 0.4) is 0 Å². The van der Waals surface area contributed by atoms with Crippen LogP contribution in [-0.2, 0) is 10.2 Å². The Morgan fingerprint density at radius 3 is 2.72 bits per heavy atom. The van der Waals surface area contributed by atoms with E-state index in [1.807, 2.05) is 12.2 Å². The molecule has 0 bridgehead atoms. The van der Waals surface area contributed by atoms with Crippen molar-refractivity contribution >= 4 is 11.9 Å². The molecule has 18 heavy (non-hydrogen) atoms. The number of allylic oxidation sites excluding steroid dienone is 1. The molecule has 1 aliphatic carbocycles. The third-order valence-electron chi connectivity index (χ3n) is 3.95. The topological polar surface area (TPSA) is 17.1 Å². The number of benzene rings is 1. The van der Waals surface area contributed by atoms with Gasteiger partial charge in [0.1, 0.15) is 5.78 Å². The van der Waals surface area contributed by atoms with Gasteiger partial charge < -0.3 is 0 Å². The van der Waals surface area contributed by atoms with Gasteiger partial charge >= 0.3 is 0 Å². The summed E-state index contributed by atoms with van der Waals surface area (Å²) in [5.74, 6) is 0.345. The van der Waals surface area contributed by atoms with Crippen LogP contribution >= 0.6 is 0 Å². The molecule has 1 aromatic rings. The summed E-state index contributed by atoms with van der Waals surface area (Å²) in [7, 11) is 0. The second-order valence-corrected chi connectivity index (χ2v) is 5.22. The molecule has 2 rings (SSSR count). The number of ketones is 1. The fraction of sp³-hybridized carbons (Fsp3) is 0.353. The number of rotatable bonds is 3. The lowest BCUT2D eigenvalue weighted by Gasteiger charge is -2.35. The second-order valence-electron chi connectivity index (χ2n) is 5.22. The van der Waals surface area contributed by atoms with Crippen molar-refractivity contribution in [3.63, 3.8) is 0 Å². The SMILES string of the molecule is C=Cc1ccc(C)cc1C1(C=C)CCCC(=O)C1. The van der Waals surface area contributed by atoms with Crippen LogP contribution in [0.5, 0.6) is 0 Å². The Balaban J connectivity index is 2.55. The molecule has 0 saturated heterocycles. The van der Waals surface area contributed by atoms with Gasteiger partial charge in [0.05, 0.1) is 0 Å². The monoisotopic (exact) mass is 240 g/mol. The normalized spacial score (nSPS) is 23.7. The summed E-state index contributed by atoms with van der Waals surface area (Å²) < 4.78 is 0. The van der Waals surface area contributed by atoms with Crippen LogP contribution in [0.25, 0.3) is 6.08 Å². The third kappa shape index (κ3) is 2.17. The van der Waals surface area contributed by atoms with Crippen molar-refractivity contribution in [2.24, 2.45) is 0 Å². The van der Waals surface area contributed by atoms with E-state index >= 15 is 0 Å². The van der Waals surface area contributed by atoms with E-state index in [-0.39, 0.29) is 5.41 Å². The predicted molar refractivity (Wildman–Crippen MR) is 76.6 cm³/mol. The quantitative estimate of drug-likeness (QED) is 0.723. The van der Waals surface area contributed by atoms with Crippen LogP contribution < -0.4 is 0 Å². The fourth-order valence-corrected chi connectivity index (χ4v) is 2.92. The summed E-state index contributed by atoms with van der Waals surface area (Å²) >= 11 is 0. The molecule has 1 atom stereocenters. The Morgan fingerprint density at radius 2 is 2.11 bits per heavy atom. The van der Waals surface area contributed by atoms with E-state index in [4.69, 9.17) is 0 Å². The number of carbonyl (C=O) groups excluding carboxylic acids is 1. The van der Waals surface area contributed by atoms with E-state index in [2.05, 4.69) is 38.3 Å². The highest BCUT2D eigenvalue weighted by Gasteiger charge is 2.35. The maximum Gasteiger partial charge on any atom is 0.134 e. The number of hydrogen-bond donors (Lipinski definition) is 0. The van der Waals surface area contributed by atoms with Gasteiger partial charge in [-0.3, -0.25) is 4.79 Å². The smallest absolute Gasteiger partial charge is 0.134 e. The maximum absolute atomic E-state index is 11.8. The summed E-state index contributed by atoms with van der Waals surface area (Å²) in [5.41, 5.74) is 3.36. The molecule has 1 fully saturated rings. The summed E-state index contributed by atoms with van der Waals surface area (Å²) in [6, 6.07) is 6.35. The Hall–Kier alpha value is -1.63. The van der Waals surface area contributed by atoms with Gasteiger partial charge in [-0.05, 0) is 30.9 Å². The third-order valence-corrected chi connectivity index (χ3v) is 3.95. The highest BCUT2D eigenvalue weighted by Crippen LogP contribution is 2.41. The standard InChI is InChI=1S/C17H20O/c1-4-14-9-8-13(3)11-16(14)17(5-2)10-6-7-15(18)12-17/h4-5,8-9,11H,1-2,6-7,10,12H2,3H3. The number of carbonyl (C=O) groups is 1. The zero-order valence-electron chi connectivity index (χ0n) is 11.0. The van der Waals surface area contributed by atoms with Crippen LogP contribution in [-0.4, -0.2) is 5.78 Å². The second kappa shape index (κ2) is 4.93. The molecule has 1 aromatic carbocycles. The minimum Gasteiger partial charge on any atom is -0.300 e. The highest BCUT2D eigenvalue weighted by molar-refractivity contribution is 5.82. The first kappa shape index (κ1) is 12.8. The summed E-state index contributed by atoms with van der Waals surface area (Å²) in [4.78, 5) is 11.8. The number of aryl methyl sites for hydroxylation is 1. The molecule has 0 radical (unpaired) electrons. The van der Waals surface area contributed by atoms with E-state index < -0.39 is 0 Å². The molecule has 0 spiro atoms. The first-order chi connectivity index (χ1) is 8.61. The fourth-order valence-electron chi connectivity index (χ4n) is 2.92. The largest absolute Gasteiger partial charge is 0.300 e. The molecule has 94 valence electrons. The van der Waals surface area contributed by atoms with Gasteiger partial charge in [0.15, 0.2) is 0 Å². The zero-order chi connectivity index (χ0) is 13.2. The first-order valence-corrected chi connectivity index (χ1v) is 6.50. The summed E-state index contributed by atoms with van der Waals surface area (Å²) in [6.45, 7) is 9.95. The van der Waals surface area contributed by atoms with E-state index in [1.165, 1.54) is 11.1 Å². The van der Waals surface area contributed by atoms with Crippen LogP contribution in [0.4, 0.5) is 0 Å². The zero-order valence-corrected chi connectivity index (χ0v) is 11.0. The molecule has 0 aromatic heterocycles. The van der Waals surface area contributed by atoms with E-state index in [1.54, 1.807) is 0 Å². The van der Waals surface area contributed by atoms with E-state index in [0.29, 0.717) is 18.6 Å². The molecule has 1 heteroatoms. The Morgan fingerprint density at radius 1 is 1.33 bits per heavy atom. The van der Waals surface area contributed by atoms with Crippen LogP contribution in [0, 0.1) is 6.92 Å². The van der Waals surface area contributed by atoms with Crippen molar-refractivity contribution in [1.82, 2.24) is 0 Å². The highest BCUT2D eigenvalue weighted by atomic mass is 16.1. The van der Waals surface area contributed by atoms with Crippen molar-refractivity contribution in [2.45, 2.75) is 38.0 Å². The van der Waals surface area contributed by atoms with Crippen LogP contribution in [0.1, 0.15) is 42.4 Å². The van der Waals surface area contributed by atoms with Crippen molar-refractivity contribution in [2.75, 3.05) is 0 Å². The molecule has 0 amide bonds. The van der Waals surface area contributed by atoms with E-state index in [0.717, 1.165) is 18.4 Å². The molecular weight excluding hydrogens is 220 g/mol. The van der Waals surface area contributed by atoms with Gasteiger partial charge in [-0.2, -0.15) is 0 Å². The number of Topliss-reactive ketones (excluding diaryl/α,β-unsaturated/α-hetero) is 1. The van der Waals surface area contributed by atoms with Crippen molar-refractivity contribution in [3.8, 4) is 0 Å². The minimum atomic E-state index is -0.190. The lowest BCUT2D eigenvalue weighted by molar-refractivity contribution is -0.121.